The van der Waals surface area contributed by atoms with Gasteiger partial charge < -0.3 is 9.47 Å². The van der Waals surface area contributed by atoms with Crippen molar-refractivity contribution in [2.45, 2.75) is 32.9 Å². The molecule has 23 heavy (non-hydrogen) atoms. The van der Waals surface area contributed by atoms with E-state index in [0.717, 1.165) is 29.0 Å². The molecule has 3 aromatic rings. The zero-order valence-electron chi connectivity index (χ0n) is 13.5. The molecule has 0 spiro atoms. The zero-order chi connectivity index (χ0) is 16.2. The Balaban J connectivity index is 1.69. The second-order valence-electron chi connectivity index (χ2n) is 5.60. The Hall–Kier alpha value is -2.63. The summed E-state index contributed by atoms with van der Waals surface area (Å²) in [6, 6.07) is 9.94. The summed E-state index contributed by atoms with van der Waals surface area (Å²) < 4.78 is 2.15. The SMILES string of the molecule is CCc1nc2ccccc2n1CCC(=O)N(C)Cc1ccn[nH]1. The molecular weight excluding hydrogens is 290 g/mol. The van der Waals surface area contributed by atoms with Crippen molar-refractivity contribution >= 4 is 16.9 Å². The number of hydrogen-bond donors (Lipinski definition) is 1. The van der Waals surface area contributed by atoms with E-state index in [2.05, 4.69) is 32.7 Å². The van der Waals surface area contributed by atoms with Crippen molar-refractivity contribution < 1.29 is 4.79 Å². The smallest absolute Gasteiger partial charge is 0.224 e. The van der Waals surface area contributed by atoms with Gasteiger partial charge in [0.2, 0.25) is 5.91 Å². The summed E-state index contributed by atoms with van der Waals surface area (Å²) in [5, 5.41) is 6.78. The number of benzene rings is 1. The van der Waals surface area contributed by atoms with Crippen molar-refractivity contribution in [2.75, 3.05) is 7.05 Å². The molecule has 1 N–H and O–H groups in total. The van der Waals surface area contributed by atoms with Gasteiger partial charge in [-0.2, -0.15) is 5.10 Å². The Bertz CT molecular complexity index is 791. The number of aromatic nitrogens is 4. The number of para-hydroxylation sites is 2. The van der Waals surface area contributed by atoms with Gasteiger partial charge in [0, 0.05) is 32.6 Å². The van der Waals surface area contributed by atoms with E-state index in [0.29, 0.717) is 19.5 Å². The molecule has 0 bridgehead atoms. The molecule has 0 aliphatic heterocycles. The quantitative estimate of drug-likeness (QED) is 0.760. The highest BCUT2D eigenvalue weighted by Gasteiger charge is 2.13. The largest absolute Gasteiger partial charge is 0.340 e. The Morgan fingerprint density at radius 1 is 1.30 bits per heavy atom. The molecule has 0 aliphatic carbocycles. The van der Waals surface area contributed by atoms with Crippen LogP contribution in [0.1, 0.15) is 24.9 Å². The van der Waals surface area contributed by atoms with Crippen LogP contribution < -0.4 is 0 Å². The lowest BCUT2D eigenvalue weighted by Crippen LogP contribution is -2.27. The van der Waals surface area contributed by atoms with Crippen LogP contribution in [0.4, 0.5) is 0 Å². The van der Waals surface area contributed by atoms with E-state index in [1.165, 1.54) is 0 Å². The van der Waals surface area contributed by atoms with Crippen LogP contribution in [0.2, 0.25) is 0 Å². The predicted molar refractivity (Wildman–Crippen MR) is 88.8 cm³/mol. The normalized spacial score (nSPS) is 11.0. The van der Waals surface area contributed by atoms with E-state index in [1.54, 1.807) is 11.1 Å². The first-order valence-electron chi connectivity index (χ1n) is 7.85. The number of amides is 1. The molecule has 6 nitrogen and oxygen atoms in total. The number of carbonyl (C=O) groups is 1. The molecule has 0 aliphatic rings. The molecular formula is C17H21N5O. The van der Waals surface area contributed by atoms with Crippen LogP contribution in [0.5, 0.6) is 0 Å². The van der Waals surface area contributed by atoms with Crippen LogP contribution in [0, 0.1) is 0 Å². The van der Waals surface area contributed by atoms with Gasteiger partial charge >= 0.3 is 0 Å². The molecule has 2 heterocycles. The van der Waals surface area contributed by atoms with Crippen molar-refractivity contribution in [3.05, 3.63) is 48.0 Å². The minimum atomic E-state index is 0.111. The Morgan fingerprint density at radius 2 is 2.13 bits per heavy atom. The van der Waals surface area contributed by atoms with Gasteiger partial charge in [-0.3, -0.25) is 9.89 Å². The molecule has 3 rings (SSSR count). The van der Waals surface area contributed by atoms with Crippen LogP contribution in [0.25, 0.3) is 11.0 Å². The van der Waals surface area contributed by atoms with E-state index in [4.69, 9.17) is 0 Å². The number of H-pyrrole nitrogens is 1. The van der Waals surface area contributed by atoms with Crippen molar-refractivity contribution in [1.82, 2.24) is 24.6 Å². The van der Waals surface area contributed by atoms with Crippen molar-refractivity contribution in [3.63, 3.8) is 0 Å². The molecule has 1 aromatic carbocycles. The van der Waals surface area contributed by atoms with Crippen LogP contribution >= 0.6 is 0 Å². The third-order valence-corrected chi connectivity index (χ3v) is 3.99. The molecule has 6 heteroatoms. The lowest BCUT2D eigenvalue weighted by Gasteiger charge is -2.17. The first-order valence-corrected chi connectivity index (χ1v) is 7.85. The van der Waals surface area contributed by atoms with Crippen LogP contribution in [-0.4, -0.2) is 37.6 Å². The first kappa shape index (κ1) is 15.3. The summed E-state index contributed by atoms with van der Waals surface area (Å²) in [6.07, 6.45) is 3.00. The fraction of sp³-hybridized carbons (Fsp3) is 0.353. The van der Waals surface area contributed by atoms with Gasteiger partial charge in [0.15, 0.2) is 0 Å². The van der Waals surface area contributed by atoms with Crippen LogP contribution in [-0.2, 0) is 24.3 Å². The summed E-state index contributed by atoms with van der Waals surface area (Å²) in [5.41, 5.74) is 3.01. The Labute approximate surface area is 135 Å². The number of rotatable bonds is 6. The molecule has 120 valence electrons. The molecule has 0 saturated carbocycles. The Kier molecular flexibility index (Phi) is 4.41. The zero-order valence-corrected chi connectivity index (χ0v) is 13.5. The number of hydrogen-bond acceptors (Lipinski definition) is 3. The van der Waals surface area contributed by atoms with E-state index in [9.17, 15) is 4.79 Å². The van der Waals surface area contributed by atoms with Crippen molar-refractivity contribution in [3.8, 4) is 0 Å². The number of aromatic amines is 1. The molecule has 0 unspecified atom stereocenters. The molecule has 1 amide bonds. The minimum absolute atomic E-state index is 0.111. The van der Waals surface area contributed by atoms with Gasteiger partial charge in [-0.05, 0) is 18.2 Å². The van der Waals surface area contributed by atoms with E-state index >= 15 is 0 Å². The number of nitrogens with zero attached hydrogens (tertiary/aromatic N) is 4. The average Bonchev–Trinajstić information content (AvgIpc) is 3.19. The molecule has 0 radical (unpaired) electrons. The second kappa shape index (κ2) is 6.64. The van der Waals surface area contributed by atoms with Gasteiger partial charge in [-0.1, -0.05) is 19.1 Å². The standard InChI is InChI=1S/C17H21N5O/c1-3-16-19-14-6-4-5-7-15(14)22(16)11-9-17(23)21(2)12-13-8-10-18-20-13/h4-8,10H,3,9,11-12H2,1-2H3,(H,18,20). The van der Waals surface area contributed by atoms with Gasteiger partial charge in [0.05, 0.1) is 23.3 Å². The number of aryl methyl sites for hydroxylation is 2. The van der Waals surface area contributed by atoms with Gasteiger partial charge in [0.25, 0.3) is 0 Å². The molecule has 2 aromatic heterocycles. The number of imidazole rings is 1. The second-order valence-corrected chi connectivity index (χ2v) is 5.60. The molecule has 0 saturated heterocycles. The van der Waals surface area contributed by atoms with E-state index in [-0.39, 0.29) is 5.91 Å². The number of fused-ring (bicyclic) bond motifs is 1. The van der Waals surface area contributed by atoms with Crippen LogP contribution in [0.3, 0.4) is 0 Å². The fourth-order valence-corrected chi connectivity index (χ4v) is 2.76. The van der Waals surface area contributed by atoms with Gasteiger partial charge in [-0.25, -0.2) is 4.98 Å². The lowest BCUT2D eigenvalue weighted by atomic mass is 10.3. The predicted octanol–water partition coefficient (Wildman–Crippen LogP) is 2.37. The van der Waals surface area contributed by atoms with Crippen LogP contribution in [0.15, 0.2) is 36.5 Å². The maximum absolute atomic E-state index is 12.4. The summed E-state index contributed by atoms with van der Waals surface area (Å²) >= 11 is 0. The maximum atomic E-state index is 12.4. The van der Waals surface area contributed by atoms with E-state index < -0.39 is 0 Å². The average molecular weight is 311 g/mol. The fourth-order valence-electron chi connectivity index (χ4n) is 2.76. The summed E-state index contributed by atoms with van der Waals surface area (Å²) in [4.78, 5) is 18.7. The topological polar surface area (TPSA) is 66.8 Å². The third-order valence-electron chi connectivity index (χ3n) is 3.99. The maximum Gasteiger partial charge on any atom is 0.224 e. The lowest BCUT2D eigenvalue weighted by molar-refractivity contribution is -0.130. The molecule has 0 fully saturated rings. The number of nitrogens with one attached hydrogen (secondary N) is 1. The summed E-state index contributed by atoms with van der Waals surface area (Å²) in [6.45, 7) is 3.28. The van der Waals surface area contributed by atoms with Crippen molar-refractivity contribution in [2.24, 2.45) is 0 Å². The van der Waals surface area contributed by atoms with E-state index in [1.807, 2.05) is 31.3 Å². The highest BCUT2D eigenvalue weighted by Crippen LogP contribution is 2.17. The highest BCUT2D eigenvalue weighted by molar-refractivity contribution is 5.78. The monoisotopic (exact) mass is 311 g/mol. The minimum Gasteiger partial charge on any atom is -0.340 e. The molecule has 0 atom stereocenters. The van der Waals surface area contributed by atoms with Crippen molar-refractivity contribution in [1.29, 1.82) is 0 Å². The van der Waals surface area contributed by atoms with Gasteiger partial charge in [0.1, 0.15) is 5.82 Å². The summed E-state index contributed by atoms with van der Waals surface area (Å²) in [7, 11) is 1.82. The highest BCUT2D eigenvalue weighted by atomic mass is 16.2. The van der Waals surface area contributed by atoms with Gasteiger partial charge in [-0.15, -0.1) is 0 Å². The first-order chi connectivity index (χ1) is 11.2. The third kappa shape index (κ3) is 3.26. The number of carbonyl (C=O) groups excluding carboxylic acids is 1. The summed E-state index contributed by atoms with van der Waals surface area (Å²) in [5.74, 6) is 1.13. The Morgan fingerprint density at radius 3 is 2.87 bits per heavy atom.